The summed E-state index contributed by atoms with van der Waals surface area (Å²) in [6.45, 7) is 6.17. The van der Waals surface area contributed by atoms with Gasteiger partial charge in [-0.25, -0.2) is 15.0 Å². The van der Waals surface area contributed by atoms with Crippen molar-refractivity contribution in [1.29, 1.82) is 0 Å². The van der Waals surface area contributed by atoms with Gasteiger partial charge in [0.2, 0.25) is 5.95 Å². The summed E-state index contributed by atoms with van der Waals surface area (Å²) < 4.78 is 0. The summed E-state index contributed by atoms with van der Waals surface area (Å²) in [7, 11) is 0. The fraction of sp³-hybridized carbons (Fsp3) is 0.227. The molecule has 0 saturated carbocycles. The summed E-state index contributed by atoms with van der Waals surface area (Å²) >= 11 is 0. The first-order valence-corrected chi connectivity index (χ1v) is 9.61. The number of anilines is 2. The molecule has 0 radical (unpaired) electrons. The number of hydrogen-bond acceptors (Lipinski definition) is 7. The molecule has 3 rings (SSSR count). The quantitative estimate of drug-likeness (QED) is 0.547. The predicted octanol–water partition coefficient (Wildman–Crippen LogP) is 3.63. The molecule has 0 fully saturated rings. The average Bonchev–Trinajstić information content (AvgIpc) is 2.71. The highest BCUT2D eigenvalue weighted by Gasteiger charge is 2.10. The van der Waals surface area contributed by atoms with Gasteiger partial charge in [0.05, 0.1) is 11.3 Å². The zero-order valence-electron chi connectivity index (χ0n) is 17.3. The van der Waals surface area contributed by atoms with Gasteiger partial charge in [0, 0.05) is 39.4 Å². The number of nitrogens with zero attached hydrogens (tertiary/aromatic N) is 4. The summed E-state index contributed by atoms with van der Waals surface area (Å²) in [5.74, 6) is 0.792. The molecule has 3 aromatic heterocycles. The van der Waals surface area contributed by atoms with Gasteiger partial charge in [0.1, 0.15) is 5.82 Å². The summed E-state index contributed by atoms with van der Waals surface area (Å²) in [4.78, 5) is 29.5. The Balaban J connectivity index is 0.00000256. The van der Waals surface area contributed by atoms with Gasteiger partial charge in [0.25, 0.3) is 5.91 Å². The van der Waals surface area contributed by atoms with Crippen LogP contribution in [0.2, 0.25) is 0 Å². The second-order valence-corrected chi connectivity index (χ2v) is 6.97. The maximum Gasteiger partial charge on any atom is 0.254 e. The van der Waals surface area contributed by atoms with Crippen LogP contribution < -0.4 is 16.4 Å². The Morgan fingerprint density at radius 2 is 1.90 bits per heavy atom. The van der Waals surface area contributed by atoms with E-state index in [1.807, 2.05) is 51.1 Å². The lowest BCUT2D eigenvalue weighted by Gasteiger charge is -2.10. The van der Waals surface area contributed by atoms with Crippen LogP contribution in [-0.2, 0) is 0 Å². The molecular formula is C22H29N7O. The van der Waals surface area contributed by atoms with Gasteiger partial charge in [-0.05, 0) is 62.6 Å². The lowest BCUT2D eigenvalue weighted by Crippen LogP contribution is -2.25. The molecule has 8 nitrogen and oxygen atoms in total. The third-order valence-corrected chi connectivity index (χ3v) is 4.36. The van der Waals surface area contributed by atoms with Crippen LogP contribution in [0, 0.1) is 13.8 Å². The zero-order chi connectivity index (χ0) is 21.5. The summed E-state index contributed by atoms with van der Waals surface area (Å²) in [5, 5.41) is 5.92. The highest BCUT2D eigenvalue weighted by atomic mass is 16.1. The number of nitrogens with two attached hydrogens (primary N) is 1. The van der Waals surface area contributed by atoms with Crippen LogP contribution in [0.4, 0.5) is 11.8 Å². The van der Waals surface area contributed by atoms with E-state index in [-0.39, 0.29) is 8.76 Å². The molecule has 0 aliphatic heterocycles. The standard InChI is InChI=1S/C22H25N7O.2H2/c1-14-10-15(2)28-20(11-14)29-22-26-12-17(13-27-22)21(30)25-9-7-18(16(3)23)19-6-4-5-8-24-19;;/h4-6,8,10-13H,7,9,23H2,1-3H3,(H,25,30)(H,26,27,28,29);2*1H/b18-16-;;. The topological polar surface area (TPSA) is 119 Å². The first-order chi connectivity index (χ1) is 14.4. The van der Waals surface area contributed by atoms with Gasteiger partial charge in [-0.1, -0.05) is 6.07 Å². The third kappa shape index (κ3) is 5.60. The molecule has 8 heteroatoms. The Hall–Kier alpha value is -3.81. The Morgan fingerprint density at radius 1 is 1.13 bits per heavy atom. The Labute approximate surface area is 178 Å². The minimum atomic E-state index is -0.249. The number of aromatic nitrogens is 4. The summed E-state index contributed by atoms with van der Waals surface area (Å²) in [5.41, 5.74) is 10.8. The minimum Gasteiger partial charge on any atom is -0.402 e. The number of amides is 1. The molecule has 158 valence electrons. The number of carbonyl (C=O) groups excluding carboxylic acids is 1. The van der Waals surface area contributed by atoms with Crippen LogP contribution in [0.5, 0.6) is 0 Å². The van der Waals surface area contributed by atoms with E-state index >= 15 is 0 Å². The first kappa shape index (κ1) is 20.9. The highest BCUT2D eigenvalue weighted by molar-refractivity contribution is 5.93. The molecule has 30 heavy (non-hydrogen) atoms. The highest BCUT2D eigenvalue weighted by Crippen LogP contribution is 2.17. The number of aryl methyl sites for hydroxylation is 2. The second kappa shape index (κ2) is 9.60. The summed E-state index contributed by atoms with van der Waals surface area (Å²) in [6, 6.07) is 9.55. The molecule has 3 aromatic rings. The molecular weight excluding hydrogens is 378 g/mol. The fourth-order valence-corrected chi connectivity index (χ4v) is 3.00. The van der Waals surface area contributed by atoms with Gasteiger partial charge >= 0.3 is 0 Å². The minimum absolute atomic E-state index is 0. The average molecular weight is 408 g/mol. The van der Waals surface area contributed by atoms with Crippen LogP contribution in [0.1, 0.15) is 43.5 Å². The normalized spacial score (nSPS) is 11.6. The SMILES string of the molecule is C/C(N)=C(\CCNC(=O)c1cnc(Nc2cc(C)cc(C)n2)nc1)c1ccccn1.[HH].[HH]. The lowest BCUT2D eigenvalue weighted by molar-refractivity contribution is 0.0954. The van der Waals surface area contributed by atoms with Crippen LogP contribution in [-0.4, -0.2) is 32.4 Å². The van der Waals surface area contributed by atoms with Crippen LogP contribution in [0.15, 0.2) is 54.6 Å². The number of allylic oxidation sites excluding steroid dienone is 1. The molecule has 0 saturated heterocycles. The van der Waals surface area contributed by atoms with E-state index in [4.69, 9.17) is 5.73 Å². The van der Waals surface area contributed by atoms with Gasteiger partial charge in [0.15, 0.2) is 0 Å². The van der Waals surface area contributed by atoms with Crippen molar-refractivity contribution >= 4 is 23.2 Å². The maximum atomic E-state index is 12.4. The van der Waals surface area contributed by atoms with Crippen LogP contribution in [0.25, 0.3) is 5.57 Å². The number of carbonyl (C=O) groups is 1. The van der Waals surface area contributed by atoms with Crippen LogP contribution in [0.3, 0.4) is 0 Å². The maximum absolute atomic E-state index is 12.4. The molecule has 4 N–H and O–H groups in total. The number of hydrogen-bond donors (Lipinski definition) is 3. The largest absolute Gasteiger partial charge is 0.402 e. The summed E-state index contributed by atoms with van der Waals surface area (Å²) in [6.07, 6.45) is 5.26. The zero-order valence-corrected chi connectivity index (χ0v) is 17.3. The van der Waals surface area contributed by atoms with Crippen molar-refractivity contribution in [2.24, 2.45) is 5.73 Å². The number of nitrogens with one attached hydrogen (secondary N) is 2. The van der Waals surface area contributed by atoms with Crippen molar-refractivity contribution in [3.63, 3.8) is 0 Å². The van der Waals surface area contributed by atoms with Gasteiger partial charge in [-0.2, -0.15) is 0 Å². The van der Waals surface area contributed by atoms with Gasteiger partial charge in [-0.3, -0.25) is 9.78 Å². The van der Waals surface area contributed by atoms with E-state index in [1.165, 1.54) is 12.4 Å². The molecule has 0 aliphatic rings. The van der Waals surface area contributed by atoms with Crippen molar-refractivity contribution in [3.8, 4) is 0 Å². The van der Waals surface area contributed by atoms with E-state index in [1.54, 1.807) is 6.20 Å². The molecule has 1 amide bonds. The Bertz CT molecular complexity index is 1030. The van der Waals surface area contributed by atoms with Crippen molar-refractivity contribution in [2.45, 2.75) is 27.2 Å². The molecule has 0 unspecified atom stereocenters. The van der Waals surface area contributed by atoms with E-state index in [0.29, 0.717) is 36.0 Å². The van der Waals surface area contributed by atoms with E-state index in [9.17, 15) is 4.79 Å². The van der Waals surface area contributed by atoms with Crippen LogP contribution >= 0.6 is 0 Å². The van der Waals surface area contributed by atoms with E-state index in [0.717, 1.165) is 22.5 Å². The smallest absolute Gasteiger partial charge is 0.254 e. The van der Waals surface area contributed by atoms with Gasteiger partial charge < -0.3 is 16.4 Å². The molecule has 0 spiro atoms. The lowest BCUT2D eigenvalue weighted by atomic mass is 10.1. The molecule has 0 aliphatic carbocycles. The number of pyridine rings is 2. The molecule has 0 aromatic carbocycles. The van der Waals surface area contributed by atoms with Crippen molar-refractivity contribution < 1.29 is 7.65 Å². The Morgan fingerprint density at radius 3 is 2.53 bits per heavy atom. The molecule has 3 heterocycles. The predicted molar refractivity (Wildman–Crippen MR) is 121 cm³/mol. The molecule has 0 bridgehead atoms. The first-order valence-electron chi connectivity index (χ1n) is 9.61. The van der Waals surface area contributed by atoms with Crippen molar-refractivity contribution in [1.82, 2.24) is 25.3 Å². The Kier molecular flexibility index (Phi) is 6.69. The number of rotatable bonds is 7. The second-order valence-electron chi connectivity index (χ2n) is 6.97. The van der Waals surface area contributed by atoms with Crippen molar-refractivity contribution in [3.05, 3.63) is 77.1 Å². The van der Waals surface area contributed by atoms with E-state index in [2.05, 4.69) is 30.6 Å². The van der Waals surface area contributed by atoms with Crippen molar-refractivity contribution in [2.75, 3.05) is 11.9 Å². The third-order valence-electron chi connectivity index (χ3n) is 4.36. The van der Waals surface area contributed by atoms with E-state index < -0.39 is 0 Å². The fourth-order valence-electron chi connectivity index (χ4n) is 3.00. The monoisotopic (exact) mass is 407 g/mol. The molecule has 0 atom stereocenters. The van der Waals surface area contributed by atoms with Gasteiger partial charge in [-0.15, -0.1) is 0 Å².